The normalized spacial score (nSPS) is 17.2. The number of nitrogens with one attached hydrogen (secondary N) is 2. The van der Waals surface area contributed by atoms with E-state index in [4.69, 9.17) is 0 Å². The molecule has 2 N–H and O–H groups in total. The molecule has 25 heavy (non-hydrogen) atoms. The number of amides is 1. The van der Waals surface area contributed by atoms with Crippen molar-refractivity contribution in [2.24, 2.45) is 0 Å². The predicted octanol–water partition coefficient (Wildman–Crippen LogP) is 0.853. The second-order valence-electron chi connectivity index (χ2n) is 6.08. The van der Waals surface area contributed by atoms with Gasteiger partial charge in [-0.3, -0.25) is 9.89 Å². The Labute approximate surface area is 156 Å². The maximum absolute atomic E-state index is 12.8. The Morgan fingerprint density at radius 1 is 1.28 bits per heavy atom. The summed E-state index contributed by atoms with van der Waals surface area (Å²) in [6.07, 6.45) is 1.76. The number of carbonyl (C=O) groups is 1. The van der Waals surface area contributed by atoms with Crippen molar-refractivity contribution in [3.05, 3.63) is 22.8 Å². The molecule has 2 aliphatic rings. The van der Waals surface area contributed by atoms with Crippen molar-refractivity contribution in [3.8, 4) is 0 Å². The van der Waals surface area contributed by atoms with Gasteiger partial charge >= 0.3 is 0 Å². The first-order chi connectivity index (χ1) is 11.8. The average Bonchev–Trinajstić information content (AvgIpc) is 3.28. The fraction of sp³-hybridized carbons (Fsp3) is 0.600. The molecule has 2 aliphatic heterocycles. The Morgan fingerprint density at radius 2 is 2.08 bits per heavy atom. The number of nitrogens with zero attached hydrogens (tertiary/aromatic N) is 5. The molecule has 0 radical (unpaired) electrons. The third-order valence-corrected chi connectivity index (χ3v) is 5.43. The number of halogens is 1. The van der Waals surface area contributed by atoms with Crippen molar-refractivity contribution in [1.82, 2.24) is 29.8 Å². The lowest BCUT2D eigenvalue weighted by atomic mass is 10.1. The second kappa shape index (κ2) is 7.67. The minimum absolute atomic E-state index is 0. The van der Waals surface area contributed by atoms with Crippen LogP contribution in [0.15, 0.2) is 0 Å². The zero-order chi connectivity index (χ0) is 16.5. The Morgan fingerprint density at radius 3 is 2.80 bits per heavy atom. The van der Waals surface area contributed by atoms with Crippen molar-refractivity contribution in [1.29, 1.82) is 0 Å². The van der Waals surface area contributed by atoms with Crippen LogP contribution in [0.4, 0.5) is 5.13 Å². The largest absolute Gasteiger partial charge is 0.343 e. The first kappa shape index (κ1) is 18.1. The van der Waals surface area contributed by atoms with Crippen LogP contribution < -0.4 is 10.2 Å². The summed E-state index contributed by atoms with van der Waals surface area (Å²) in [6.45, 7) is 6.66. The molecule has 0 aromatic carbocycles. The number of aromatic nitrogens is 4. The van der Waals surface area contributed by atoms with E-state index in [2.05, 4.69) is 36.7 Å². The summed E-state index contributed by atoms with van der Waals surface area (Å²) in [7, 11) is 0. The van der Waals surface area contributed by atoms with Crippen LogP contribution >= 0.6 is 23.9 Å². The zero-order valence-corrected chi connectivity index (χ0v) is 15.8. The number of fused-ring (bicyclic) bond motifs is 1. The van der Waals surface area contributed by atoms with Crippen molar-refractivity contribution >= 4 is 35.0 Å². The molecule has 2 aromatic rings. The highest BCUT2D eigenvalue weighted by Gasteiger charge is 2.28. The lowest BCUT2D eigenvalue weighted by Crippen LogP contribution is -2.49. The summed E-state index contributed by atoms with van der Waals surface area (Å²) in [5.41, 5.74) is 2.71. The topological polar surface area (TPSA) is 90.0 Å². The van der Waals surface area contributed by atoms with Crippen molar-refractivity contribution in [3.63, 3.8) is 0 Å². The maximum Gasteiger partial charge on any atom is 0.274 e. The quantitative estimate of drug-likeness (QED) is 0.816. The van der Waals surface area contributed by atoms with Gasteiger partial charge in [-0.1, -0.05) is 6.92 Å². The Balaban J connectivity index is 0.00000182. The lowest BCUT2D eigenvalue weighted by Gasteiger charge is -2.34. The lowest BCUT2D eigenvalue weighted by molar-refractivity contribution is 0.0739. The highest BCUT2D eigenvalue weighted by atomic mass is 35.5. The van der Waals surface area contributed by atoms with Gasteiger partial charge in [0.05, 0.1) is 0 Å². The predicted molar refractivity (Wildman–Crippen MR) is 98.6 cm³/mol. The summed E-state index contributed by atoms with van der Waals surface area (Å²) in [6, 6.07) is 0. The van der Waals surface area contributed by atoms with E-state index in [0.29, 0.717) is 18.8 Å². The number of piperazine rings is 1. The van der Waals surface area contributed by atoms with E-state index < -0.39 is 0 Å². The van der Waals surface area contributed by atoms with Crippen molar-refractivity contribution in [2.75, 3.05) is 37.6 Å². The molecule has 2 aromatic heterocycles. The fourth-order valence-corrected chi connectivity index (χ4v) is 3.97. The van der Waals surface area contributed by atoms with Crippen LogP contribution in [-0.2, 0) is 19.4 Å². The molecule has 1 saturated heterocycles. The molecule has 136 valence electrons. The molecule has 0 saturated carbocycles. The molecule has 1 fully saturated rings. The van der Waals surface area contributed by atoms with Gasteiger partial charge < -0.3 is 15.1 Å². The number of hydrogen-bond donors (Lipinski definition) is 2. The second-order valence-corrected chi connectivity index (χ2v) is 6.81. The average molecular weight is 384 g/mol. The van der Waals surface area contributed by atoms with Crippen LogP contribution in [0, 0.1) is 0 Å². The number of rotatable bonds is 3. The van der Waals surface area contributed by atoms with E-state index >= 15 is 0 Å². The van der Waals surface area contributed by atoms with Gasteiger partial charge in [-0.2, -0.15) is 9.47 Å². The van der Waals surface area contributed by atoms with Crippen molar-refractivity contribution < 1.29 is 4.79 Å². The Kier molecular flexibility index (Phi) is 5.55. The minimum atomic E-state index is 0. The number of carbonyl (C=O) groups excluding carboxylic acids is 1. The van der Waals surface area contributed by atoms with E-state index in [1.54, 1.807) is 0 Å². The van der Waals surface area contributed by atoms with Gasteiger partial charge in [-0.15, -0.1) is 12.4 Å². The third kappa shape index (κ3) is 3.49. The van der Waals surface area contributed by atoms with Crippen LogP contribution in [0.2, 0.25) is 0 Å². The highest BCUT2D eigenvalue weighted by molar-refractivity contribution is 7.09. The Bertz CT molecular complexity index is 738. The molecule has 0 bridgehead atoms. The smallest absolute Gasteiger partial charge is 0.274 e. The molecule has 4 heterocycles. The summed E-state index contributed by atoms with van der Waals surface area (Å²) in [5, 5.41) is 11.6. The maximum atomic E-state index is 12.8. The number of anilines is 1. The molecular formula is C15H22ClN7OS. The number of aromatic amines is 1. The van der Waals surface area contributed by atoms with Gasteiger partial charge in [0.1, 0.15) is 5.82 Å². The van der Waals surface area contributed by atoms with Gasteiger partial charge in [-0.05, 0) is 0 Å². The number of aryl methyl sites for hydroxylation is 1. The van der Waals surface area contributed by atoms with Gasteiger partial charge in [0, 0.05) is 74.9 Å². The zero-order valence-electron chi connectivity index (χ0n) is 14.1. The minimum Gasteiger partial charge on any atom is -0.343 e. The standard InChI is InChI=1S/C15H21N7OS.ClH/c1-2-12-17-15(24-20-12)22-7-5-21(6-8-22)14(23)13-10-9-16-4-3-11(10)18-19-13;/h16H,2-9H2,1H3,(H,18,19);1H. The fourth-order valence-electron chi connectivity index (χ4n) is 3.17. The Hall–Kier alpha value is -1.71. The summed E-state index contributed by atoms with van der Waals surface area (Å²) in [5.74, 6) is 0.923. The molecule has 10 heteroatoms. The molecular weight excluding hydrogens is 362 g/mol. The van der Waals surface area contributed by atoms with E-state index in [0.717, 1.165) is 61.2 Å². The van der Waals surface area contributed by atoms with Gasteiger partial charge in [0.15, 0.2) is 5.69 Å². The van der Waals surface area contributed by atoms with Crippen LogP contribution in [0.5, 0.6) is 0 Å². The van der Waals surface area contributed by atoms with Crippen molar-refractivity contribution in [2.45, 2.75) is 26.3 Å². The van der Waals surface area contributed by atoms with Crippen LogP contribution in [-0.4, -0.2) is 63.1 Å². The van der Waals surface area contributed by atoms with E-state index in [-0.39, 0.29) is 18.3 Å². The number of H-pyrrole nitrogens is 1. The van der Waals surface area contributed by atoms with Gasteiger partial charge in [0.2, 0.25) is 5.13 Å². The summed E-state index contributed by atoms with van der Waals surface area (Å²) in [4.78, 5) is 21.4. The number of hydrogen-bond acceptors (Lipinski definition) is 7. The van der Waals surface area contributed by atoms with Crippen LogP contribution in [0.1, 0.15) is 34.5 Å². The molecule has 0 atom stereocenters. The molecule has 8 nitrogen and oxygen atoms in total. The van der Waals surface area contributed by atoms with Crippen LogP contribution in [0.3, 0.4) is 0 Å². The van der Waals surface area contributed by atoms with Gasteiger partial charge in [-0.25, -0.2) is 4.98 Å². The summed E-state index contributed by atoms with van der Waals surface area (Å²) < 4.78 is 4.34. The van der Waals surface area contributed by atoms with E-state index in [9.17, 15) is 4.79 Å². The first-order valence-corrected chi connectivity index (χ1v) is 9.17. The summed E-state index contributed by atoms with van der Waals surface area (Å²) >= 11 is 1.44. The van der Waals surface area contributed by atoms with E-state index in [1.165, 1.54) is 11.5 Å². The first-order valence-electron chi connectivity index (χ1n) is 8.40. The highest BCUT2D eigenvalue weighted by Crippen LogP contribution is 2.21. The van der Waals surface area contributed by atoms with Gasteiger partial charge in [0.25, 0.3) is 5.91 Å². The third-order valence-electron chi connectivity index (χ3n) is 4.62. The molecule has 4 rings (SSSR count). The molecule has 0 spiro atoms. The van der Waals surface area contributed by atoms with E-state index in [1.807, 2.05) is 4.90 Å². The van der Waals surface area contributed by atoms with Crippen LogP contribution in [0.25, 0.3) is 0 Å². The molecule has 1 amide bonds. The monoisotopic (exact) mass is 383 g/mol. The molecule has 0 unspecified atom stereocenters. The molecule has 0 aliphatic carbocycles. The SMILES string of the molecule is CCc1nsc(N2CCN(C(=O)c3n[nH]c4c3CNCC4)CC2)n1.Cl.